The van der Waals surface area contributed by atoms with Gasteiger partial charge in [-0.25, -0.2) is 15.0 Å². The van der Waals surface area contributed by atoms with Crippen molar-refractivity contribution in [3.8, 4) is 11.1 Å². The van der Waals surface area contributed by atoms with Crippen LogP contribution < -0.4 is 15.5 Å². The maximum atomic E-state index is 13.4. The summed E-state index contributed by atoms with van der Waals surface area (Å²) in [5, 5.41) is 9.87. The van der Waals surface area contributed by atoms with Crippen LogP contribution in [0.2, 0.25) is 0 Å². The van der Waals surface area contributed by atoms with Gasteiger partial charge < -0.3 is 15.5 Å². The molecule has 2 amide bonds. The van der Waals surface area contributed by atoms with Crippen LogP contribution in [-0.2, 0) is 22.7 Å². The normalized spacial score (nSPS) is 12.7. The second-order valence-electron chi connectivity index (χ2n) is 9.20. The monoisotopic (exact) mass is 501 g/mol. The molecule has 37 heavy (non-hydrogen) atoms. The predicted octanol–water partition coefficient (Wildman–Crippen LogP) is 2.37. The van der Waals surface area contributed by atoms with E-state index >= 15 is 0 Å². The van der Waals surface area contributed by atoms with Crippen LogP contribution in [0.25, 0.3) is 11.1 Å². The molecule has 0 bridgehead atoms. The molecule has 4 rings (SSSR count). The first kappa shape index (κ1) is 26.2. The Balaban J connectivity index is 1.50. The molecule has 0 fully saturated rings. The fourth-order valence-corrected chi connectivity index (χ4v) is 4.51. The van der Waals surface area contributed by atoms with Gasteiger partial charge in [0.1, 0.15) is 6.33 Å². The van der Waals surface area contributed by atoms with E-state index in [2.05, 4.69) is 32.7 Å². The molecule has 0 saturated heterocycles. The molecule has 1 aliphatic rings. The quantitative estimate of drug-likeness (QED) is 0.390. The molecule has 9 nitrogen and oxygen atoms in total. The molecular formula is C28H35N7O2. The third-order valence-electron chi connectivity index (χ3n) is 6.58. The third kappa shape index (κ3) is 6.69. The zero-order chi connectivity index (χ0) is 26.2. The number of carbonyl (C=O) groups is 2. The number of nitrogens with zero attached hydrogens (tertiary/aromatic N) is 5. The van der Waals surface area contributed by atoms with E-state index in [1.165, 1.54) is 17.5 Å². The number of hydrazine groups is 1. The van der Waals surface area contributed by atoms with Gasteiger partial charge in [0.15, 0.2) is 0 Å². The molecule has 0 aliphatic carbocycles. The van der Waals surface area contributed by atoms with Gasteiger partial charge in [0, 0.05) is 56.9 Å². The zero-order valence-electron chi connectivity index (χ0n) is 21.8. The van der Waals surface area contributed by atoms with Crippen molar-refractivity contribution in [3.05, 3.63) is 77.9 Å². The van der Waals surface area contributed by atoms with Crippen molar-refractivity contribution in [1.29, 1.82) is 0 Å². The van der Waals surface area contributed by atoms with Crippen molar-refractivity contribution in [1.82, 2.24) is 30.6 Å². The molecule has 194 valence electrons. The van der Waals surface area contributed by atoms with Crippen LogP contribution in [0.3, 0.4) is 0 Å². The van der Waals surface area contributed by atoms with E-state index in [1.807, 2.05) is 54.1 Å². The summed E-state index contributed by atoms with van der Waals surface area (Å²) in [7, 11) is 1.80. The number of hydrogen-bond donors (Lipinski definition) is 2. The molecule has 0 saturated carbocycles. The van der Waals surface area contributed by atoms with Gasteiger partial charge in [-0.1, -0.05) is 37.3 Å². The van der Waals surface area contributed by atoms with Crippen molar-refractivity contribution in [2.45, 2.75) is 26.9 Å². The number of aryl methyl sites for hydroxylation is 1. The van der Waals surface area contributed by atoms with Crippen molar-refractivity contribution in [2.75, 3.05) is 44.7 Å². The first-order valence-corrected chi connectivity index (χ1v) is 12.6. The molecular weight excluding hydrogens is 466 g/mol. The topological polar surface area (TPSA) is 93.7 Å². The summed E-state index contributed by atoms with van der Waals surface area (Å²) < 4.78 is 0. The fraction of sp³-hybridized carbons (Fsp3) is 0.357. The highest BCUT2D eigenvalue weighted by Gasteiger charge is 2.27. The van der Waals surface area contributed by atoms with Gasteiger partial charge in [-0.15, -0.1) is 0 Å². The van der Waals surface area contributed by atoms with Gasteiger partial charge in [0.25, 0.3) is 5.91 Å². The molecule has 2 heterocycles. The van der Waals surface area contributed by atoms with Crippen LogP contribution in [0.5, 0.6) is 0 Å². The minimum absolute atomic E-state index is 0.0757. The van der Waals surface area contributed by atoms with E-state index in [0.29, 0.717) is 26.2 Å². The Morgan fingerprint density at radius 3 is 2.32 bits per heavy atom. The summed E-state index contributed by atoms with van der Waals surface area (Å²) in [4.78, 5) is 36.3. The minimum Gasteiger partial charge on any atom is -0.353 e. The van der Waals surface area contributed by atoms with E-state index < -0.39 is 0 Å². The SMILES string of the molecule is CCNCCNC(=O)CN(CC(=O)N(C)N1Cc2ccccc2C1)c1ccc(-c2cncnc2)cc1C. The summed E-state index contributed by atoms with van der Waals surface area (Å²) in [6.45, 7) is 7.65. The van der Waals surface area contributed by atoms with Crippen molar-refractivity contribution >= 4 is 17.5 Å². The van der Waals surface area contributed by atoms with Gasteiger partial charge in [-0.3, -0.25) is 14.6 Å². The third-order valence-corrected chi connectivity index (χ3v) is 6.58. The molecule has 3 aromatic rings. The van der Waals surface area contributed by atoms with E-state index in [0.717, 1.165) is 28.9 Å². The highest BCUT2D eigenvalue weighted by atomic mass is 16.2. The lowest BCUT2D eigenvalue weighted by molar-refractivity contribution is -0.145. The zero-order valence-corrected chi connectivity index (χ0v) is 21.8. The second kappa shape index (κ2) is 12.4. The van der Waals surface area contributed by atoms with Gasteiger partial charge >= 0.3 is 0 Å². The largest absolute Gasteiger partial charge is 0.353 e. The standard InChI is InChI=1S/C28H35N7O2/c1-4-29-11-12-32-27(36)18-34(26-10-9-22(13-21(26)2)25-14-30-20-31-15-25)19-28(37)33(3)35-16-23-7-5-6-8-24(23)17-35/h5-10,13-15,20,29H,4,11-12,16-19H2,1-3H3,(H,32,36). The van der Waals surface area contributed by atoms with Gasteiger partial charge in [0.2, 0.25) is 5.91 Å². The second-order valence-corrected chi connectivity index (χ2v) is 9.20. The molecule has 0 unspecified atom stereocenters. The summed E-state index contributed by atoms with van der Waals surface area (Å²) in [6.07, 6.45) is 5.04. The number of nitrogens with one attached hydrogen (secondary N) is 2. The first-order valence-electron chi connectivity index (χ1n) is 12.6. The number of aromatic nitrogens is 2. The van der Waals surface area contributed by atoms with Crippen LogP contribution in [-0.4, -0.2) is 71.6 Å². The minimum atomic E-state index is -0.123. The summed E-state index contributed by atoms with van der Waals surface area (Å²) in [6, 6.07) is 14.2. The molecule has 1 aliphatic heterocycles. The molecule has 0 atom stereocenters. The molecule has 0 radical (unpaired) electrons. The van der Waals surface area contributed by atoms with Crippen LogP contribution in [0.1, 0.15) is 23.6 Å². The molecule has 1 aromatic heterocycles. The van der Waals surface area contributed by atoms with E-state index in [9.17, 15) is 9.59 Å². The molecule has 2 N–H and O–H groups in total. The lowest BCUT2D eigenvalue weighted by atomic mass is 10.0. The number of fused-ring (bicyclic) bond motifs is 1. The number of amides is 2. The number of benzene rings is 2. The maximum absolute atomic E-state index is 13.4. The van der Waals surface area contributed by atoms with Crippen LogP contribution in [0.15, 0.2) is 61.2 Å². The smallest absolute Gasteiger partial charge is 0.256 e. The summed E-state index contributed by atoms with van der Waals surface area (Å²) in [5.74, 6) is -0.199. The Morgan fingerprint density at radius 2 is 1.68 bits per heavy atom. The Kier molecular flexibility index (Phi) is 8.81. The Morgan fingerprint density at radius 1 is 0.973 bits per heavy atom. The number of rotatable bonds is 11. The molecule has 2 aromatic carbocycles. The average Bonchev–Trinajstić information content (AvgIpc) is 3.35. The Hall–Kier alpha value is -3.82. The predicted molar refractivity (Wildman–Crippen MR) is 144 cm³/mol. The lowest BCUT2D eigenvalue weighted by Crippen LogP contribution is -2.48. The van der Waals surface area contributed by atoms with Gasteiger partial charge in [-0.2, -0.15) is 0 Å². The van der Waals surface area contributed by atoms with Crippen LogP contribution >= 0.6 is 0 Å². The van der Waals surface area contributed by atoms with Crippen LogP contribution in [0, 0.1) is 6.92 Å². The average molecular weight is 502 g/mol. The summed E-state index contributed by atoms with van der Waals surface area (Å²) in [5.41, 5.74) is 6.16. The lowest BCUT2D eigenvalue weighted by Gasteiger charge is -2.32. The van der Waals surface area contributed by atoms with Crippen molar-refractivity contribution in [2.24, 2.45) is 0 Å². The Bertz CT molecular complexity index is 1190. The highest BCUT2D eigenvalue weighted by Crippen LogP contribution is 2.27. The van der Waals surface area contributed by atoms with E-state index in [-0.39, 0.29) is 24.9 Å². The highest BCUT2D eigenvalue weighted by molar-refractivity contribution is 5.87. The van der Waals surface area contributed by atoms with E-state index in [1.54, 1.807) is 24.5 Å². The van der Waals surface area contributed by atoms with Crippen molar-refractivity contribution < 1.29 is 9.59 Å². The maximum Gasteiger partial charge on any atom is 0.256 e. The summed E-state index contributed by atoms with van der Waals surface area (Å²) >= 11 is 0. The fourth-order valence-electron chi connectivity index (χ4n) is 4.51. The molecule has 0 spiro atoms. The molecule has 9 heteroatoms. The van der Waals surface area contributed by atoms with Gasteiger partial charge in [0.05, 0.1) is 13.1 Å². The van der Waals surface area contributed by atoms with E-state index in [4.69, 9.17) is 0 Å². The Labute approximate surface area is 218 Å². The number of carbonyl (C=O) groups excluding carboxylic acids is 2. The number of hydrogen-bond acceptors (Lipinski definition) is 7. The first-order chi connectivity index (χ1) is 18.0. The van der Waals surface area contributed by atoms with Crippen LogP contribution in [0.4, 0.5) is 5.69 Å². The van der Waals surface area contributed by atoms with Gasteiger partial charge in [-0.05, 0) is 47.9 Å². The number of likely N-dealkylation sites (N-methyl/N-ethyl adjacent to an activating group) is 2. The van der Waals surface area contributed by atoms with Crippen molar-refractivity contribution in [3.63, 3.8) is 0 Å². The number of anilines is 1.